The predicted octanol–water partition coefficient (Wildman–Crippen LogP) is 3.58. The van der Waals surface area contributed by atoms with Crippen LogP contribution in [-0.2, 0) is 14.8 Å². The Balaban J connectivity index is 1.32. The van der Waals surface area contributed by atoms with Crippen LogP contribution < -0.4 is 10.2 Å². The van der Waals surface area contributed by atoms with Crippen molar-refractivity contribution in [1.29, 1.82) is 0 Å². The van der Waals surface area contributed by atoms with Crippen molar-refractivity contribution in [3.05, 3.63) is 54.2 Å². The van der Waals surface area contributed by atoms with E-state index in [0.29, 0.717) is 30.3 Å². The Morgan fingerprint density at radius 1 is 1.06 bits per heavy atom. The lowest BCUT2D eigenvalue weighted by molar-refractivity contribution is -0.120. The van der Waals surface area contributed by atoms with Gasteiger partial charge in [0.05, 0.1) is 16.3 Å². The zero-order valence-corrected chi connectivity index (χ0v) is 20.1. The van der Waals surface area contributed by atoms with E-state index in [1.54, 1.807) is 28.7 Å². The second kappa shape index (κ2) is 9.31. The molecule has 2 aromatic heterocycles. The standard InChI is InChI=1S/C25H29N5O3S/c1-18-6-4-12-26-24(18)28-25(31)20-7-5-13-29(17-20)23-11-8-19-16-21(9-10-22(19)27-23)34(32,33)30-14-2-3-15-30/h4,6,8-12,16,20H,2-3,5,7,13-15,17H2,1H3,(H,26,28,31)/t20-/m0/s1. The number of nitrogens with one attached hydrogen (secondary N) is 1. The fourth-order valence-electron chi connectivity index (χ4n) is 4.74. The third-order valence-corrected chi connectivity index (χ3v) is 8.61. The van der Waals surface area contributed by atoms with Crippen LogP contribution >= 0.6 is 0 Å². The Kier molecular flexibility index (Phi) is 6.22. The quantitative estimate of drug-likeness (QED) is 0.601. The van der Waals surface area contributed by atoms with E-state index in [-0.39, 0.29) is 11.8 Å². The van der Waals surface area contributed by atoms with Crippen molar-refractivity contribution in [2.24, 2.45) is 5.92 Å². The zero-order valence-electron chi connectivity index (χ0n) is 19.3. The lowest BCUT2D eigenvalue weighted by Gasteiger charge is -2.33. The molecule has 3 aromatic rings. The largest absolute Gasteiger partial charge is 0.356 e. The molecule has 4 heterocycles. The molecule has 0 radical (unpaired) electrons. The summed E-state index contributed by atoms with van der Waals surface area (Å²) < 4.78 is 27.4. The average molecular weight is 480 g/mol. The number of carbonyl (C=O) groups is 1. The maximum atomic E-state index is 12.9. The number of aromatic nitrogens is 2. The van der Waals surface area contributed by atoms with Gasteiger partial charge in [0.15, 0.2) is 0 Å². The van der Waals surface area contributed by atoms with Gasteiger partial charge in [-0.1, -0.05) is 6.07 Å². The van der Waals surface area contributed by atoms with Crippen LogP contribution in [0.4, 0.5) is 11.6 Å². The summed E-state index contributed by atoms with van der Waals surface area (Å²) in [6.07, 6.45) is 5.21. The molecule has 0 aliphatic carbocycles. The number of rotatable bonds is 5. The molecule has 178 valence electrons. The molecule has 8 nitrogen and oxygen atoms in total. The van der Waals surface area contributed by atoms with Gasteiger partial charge < -0.3 is 10.2 Å². The first-order chi connectivity index (χ1) is 16.4. The number of fused-ring (bicyclic) bond motifs is 1. The Morgan fingerprint density at radius 2 is 1.88 bits per heavy atom. The highest BCUT2D eigenvalue weighted by molar-refractivity contribution is 7.89. The summed E-state index contributed by atoms with van der Waals surface area (Å²) in [5, 5.41) is 3.76. The number of hydrogen-bond acceptors (Lipinski definition) is 6. The topological polar surface area (TPSA) is 95.5 Å². The molecule has 0 unspecified atom stereocenters. The number of aryl methyl sites for hydroxylation is 1. The minimum absolute atomic E-state index is 0.0240. The molecule has 34 heavy (non-hydrogen) atoms. The number of pyridine rings is 2. The molecule has 2 aliphatic rings. The van der Waals surface area contributed by atoms with Gasteiger partial charge in [-0.05, 0) is 74.6 Å². The highest BCUT2D eigenvalue weighted by atomic mass is 32.2. The molecule has 2 saturated heterocycles. The molecule has 0 spiro atoms. The minimum Gasteiger partial charge on any atom is -0.356 e. The molecule has 9 heteroatoms. The molecule has 2 aliphatic heterocycles. The first-order valence-electron chi connectivity index (χ1n) is 11.8. The predicted molar refractivity (Wildman–Crippen MR) is 132 cm³/mol. The zero-order chi connectivity index (χ0) is 23.7. The number of sulfonamides is 1. The summed E-state index contributed by atoms with van der Waals surface area (Å²) in [6.45, 7) is 4.50. The van der Waals surface area contributed by atoms with Crippen LogP contribution in [0.25, 0.3) is 10.9 Å². The van der Waals surface area contributed by atoms with E-state index in [9.17, 15) is 13.2 Å². The number of anilines is 2. The second-order valence-corrected chi connectivity index (χ2v) is 11.0. The smallest absolute Gasteiger partial charge is 0.243 e. The van der Waals surface area contributed by atoms with Crippen molar-refractivity contribution in [3.8, 4) is 0 Å². The van der Waals surface area contributed by atoms with Crippen molar-refractivity contribution >= 4 is 38.5 Å². The van der Waals surface area contributed by atoms with Crippen molar-refractivity contribution in [3.63, 3.8) is 0 Å². The van der Waals surface area contributed by atoms with E-state index < -0.39 is 10.0 Å². The summed E-state index contributed by atoms with van der Waals surface area (Å²) in [5.74, 6) is 1.23. The molecule has 0 saturated carbocycles. The first kappa shape index (κ1) is 22.7. The van der Waals surface area contributed by atoms with Crippen LogP contribution in [0.2, 0.25) is 0 Å². The van der Waals surface area contributed by atoms with Gasteiger partial charge >= 0.3 is 0 Å². The van der Waals surface area contributed by atoms with E-state index in [1.165, 1.54) is 0 Å². The maximum absolute atomic E-state index is 12.9. The van der Waals surface area contributed by atoms with Crippen molar-refractivity contribution in [1.82, 2.24) is 14.3 Å². The van der Waals surface area contributed by atoms with Gasteiger partial charge in [0.25, 0.3) is 0 Å². The molecule has 0 bridgehead atoms. The molecule has 1 amide bonds. The van der Waals surface area contributed by atoms with E-state index in [2.05, 4.69) is 15.2 Å². The Morgan fingerprint density at radius 3 is 2.68 bits per heavy atom. The van der Waals surface area contributed by atoms with Gasteiger partial charge in [-0.15, -0.1) is 0 Å². The number of amides is 1. The molecule has 1 atom stereocenters. The van der Waals surface area contributed by atoms with Crippen molar-refractivity contribution < 1.29 is 13.2 Å². The Hall–Kier alpha value is -3.04. The van der Waals surface area contributed by atoms with E-state index in [1.807, 2.05) is 31.2 Å². The van der Waals surface area contributed by atoms with Crippen LogP contribution in [0.15, 0.2) is 53.6 Å². The van der Waals surface area contributed by atoms with Gasteiger partial charge in [0, 0.05) is 37.8 Å². The van der Waals surface area contributed by atoms with Gasteiger partial charge in [-0.25, -0.2) is 18.4 Å². The molecule has 1 N–H and O–H groups in total. The normalized spacial score (nSPS) is 19.4. The van der Waals surface area contributed by atoms with Crippen LogP contribution in [-0.4, -0.2) is 54.8 Å². The molecule has 1 aromatic carbocycles. The van der Waals surface area contributed by atoms with E-state index in [4.69, 9.17) is 4.98 Å². The lowest BCUT2D eigenvalue weighted by atomic mass is 9.97. The summed E-state index contributed by atoms with van der Waals surface area (Å²) in [7, 11) is -3.46. The highest BCUT2D eigenvalue weighted by Gasteiger charge is 2.29. The van der Waals surface area contributed by atoms with Crippen molar-refractivity contribution in [2.45, 2.75) is 37.5 Å². The van der Waals surface area contributed by atoms with Gasteiger partial charge in [-0.2, -0.15) is 4.31 Å². The van der Waals surface area contributed by atoms with Crippen LogP contribution in [0, 0.1) is 12.8 Å². The molecule has 2 fully saturated rings. The summed E-state index contributed by atoms with van der Waals surface area (Å²) >= 11 is 0. The second-order valence-electron chi connectivity index (χ2n) is 9.08. The summed E-state index contributed by atoms with van der Waals surface area (Å²) in [5.41, 5.74) is 1.68. The van der Waals surface area contributed by atoms with E-state index in [0.717, 1.165) is 54.5 Å². The van der Waals surface area contributed by atoms with E-state index >= 15 is 0 Å². The average Bonchev–Trinajstić information content (AvgIpc) is 3.41. The highest BCUT2D eigenvalue weighted by Crippen LogP contribution is 2.28. The third kappa shape index (κ3) is 4.50. The number of hydrogen-bond donors (Lipinski definition) is 1. The van der Waals surface area contributed by atoms with Gasteiger partial charge in [-0.3, -0.25) is 4.79 Å². The van der Waals surface area contributed by atoms with Crippen LogP contribution in [0.1, 0.15) is 31.2 Å². The maximum Gasteiger partial charge on any atom is 0.243 e. The number of piperidine rings is 1. The van der Waals surface area contributed by atoms with Gasteiger partial charge in [0.2, 0.25) is 15.9 Å². The SMILES string of the molecule is Cc1cccnc1NC(=O)[C@H]1CCCN(c2ccc3cc(S(=O)(=O)N4CCCC4)ccc3n2)C1. The van der Waals surface area contributed by atoms with Crippen molar-refractivity contribution in [2.75, 3.05) is 36.4 Å². The number of nitrogens with zero attached hydrogens (tertiary/aromatic N) is 4. The fourth-order valence-corrected chi connectivity index (χ4v) is 6.29. The van der Waals surface area contributed by atoms with Gasteiger partial charge in [0.1, 0.15) is 11.6 Å². The fraction of sp³-hybridized carbons (Fsp3) is 0.400. The number of carbonyl (C=O) groups excluding carboxylic acids is 1. The lowest BCUT2D eigenvalue weighted by Crippen LogP contribution is -2.41. The minimum atomic E-state index is -3.46. The molecular formula is C25H29N5O3S. The third-order valence-electron chi connectivity index (χ3n) is 6.72. The monoisotopic (exact) mass is 479 g/mol. The molecular weight excluding hydrogens is 450 g/mol. The molecule has 5 rings (SSSR count). The summed E-state index contributed by atoms with van der Waals surface area (Å²) in [4.78, 5) is 24.4. The Bertz CT molecular complexity index is 1320. The Labute approximate surface area is 200 Å². The summed E-state index contributed by atoms with van der Waals surface area (Å²) in [6, 6.07) is 12.7. The van der Waals surface area contributed by atoms with Crippen LogP contribution in [0.3, 0.4) is 0 Å². The first-order valence-corrected chi connectivity index (χ1v) is 13.2. The number of benzene rings is 1. The van der Waals surface area contributed by atoms with Crippen LogP contribution in [0.5, 0.6) is 0 Å².